The number of amides is 2. The normalized spacial score (nSPS) is 15.4. The second-order valence-corrected chi connectivity index (χ2v) is 13.1. The maximum absolute atomic E-state index is 14.7. The van der Waals surface area contributed by atoms with Gasteiger partial charge in [0.1, 0.15) is 6.04 Å². The van der Waals surface area contributed by atoms with Gasteiger partial charge in [0.05, 0.1) is 11.3 Å². The summed E-state index contributed by atoms with van der Waals surface area (Å²) in [6.45, 7) is 2.49. The highest BCUT2D eigenvalue weighted by molar-refractivity contribution is 5.95. The summed E-state index contributed by atoms with van der Waals surface area (Å²) in [7, 11) is 1.82. The predicted molar refractivity (Wildman–Crippen MR) is 198 cm³/mol. The highest BCUT2D eigenvalue weighted by Gasteiger charge is 2.36. The summed E-state index contributed by atoms with van der Waals surface area (Å²) < 4.78 is 39.6. The molecule has 2 amide bonds. The molecule has 1 aliphatic rings. The highest BCUT2D eigenvalue weighted by atomic mass is 19.4. The maximum Gasteiger partial charge on any atom is 0.416 e. The minimum Gasteiger partial charge on any atom is -0.340 e. The molecule has 1 saturated heterocycles. The summed E-state index contributed by atoms with van der Waals surface area (Å²) in [6, 6.07) is 37.0. The van der Waals surface area contributed by atoms with Crippen molar-refractivity contribution in [1.29, 1.82) is 0 Å². The molecule has 266 valence electrons. The van der Waals surface area contributed by atoms with Crippen molar-refractivity contribution < 1.29 is 22.8 Å². The summed E-state index contributed by atoms with van der Waals surface area (Å²) in [5.41, 5.74) is 4.34. The van der Waals surface area contributed by atoms with Crippen LogP contribution < -0.4 is 0 Å². The topological polar surface area (TPSA) is 56.8 Å². The summed E-state index contributed by atoms with van der Waals surface area (Å²) in [5, 5.41) is 0. The van der Waals surface area contributed by atoms with Crippen molar-refractivity contribution in [3.8, 4) is 11.3 Å². The minimum atomic E-state index is -4.46. The number of halogens is 3. The second kappa shape index (κ2) is 16.7. The maximum atomic E-state index is 14.7. The van der Waals surface area contributed by atoms with Crippen LogP contribution in [0.25, 0.3) is 17.3 Å². The van der Waals surface area contributed by atoms with Gasteiger partial charge < -0.3 is 9.80 Å². The molecule has 0 N–H and O–H groups in total. The van der Waals surface area contributed by atoms with Crippen molar-refractivity contribution in [3.05, 3.63) is 167 Å². The number of pyridine rings is 1. The van der Waals surface area contributed by atoms with E-state index in [1.807, 2.05) is 98.0 Å². The van der Waals surface area contributed by atoms with Gasteiger partial charge in [-0.25, -0.2) is 0 Å². The number of likely N-dealkylation sites (tertiary alicyclic amines) is 1. The fraction of sp³-hybridized carbons (Fsp3) is 0.233. The van der Waals surface area contributed by atoms with Crippen LogP contribution in [0.3, 0.4) is 0 Å². The van der Waals surface area contributed by atoms with E-state index in [0.717, 1.165) is 54.0 Å². The van der Waals surface area contributed by atoms with E-state index >= 15 is 0 Å². The zero-order valence-electron chi connectivity index (χ0n) is 29.0. The molecule has 4 aromatic carbocycles. The molecule has 1 aromatic heterocycles. The SMILES string of the molecule is CN(C(=O)[C@@H](Cc1ccccc1)N(Cc1ccc(-c2ccccn2)cc1)C(=O)/C=C/c1ccc(C(F)(F)F)cc1)C1CCN(Cc2ccccc2)C1. The number of carbonyl (C=O) groups excluding carboxylic acids is 2. The monoisotopic (exact) mass is 702 g/mol. The van der Waals surface area contributed by atoms with Gasteiger partial charge in [-0.15, -0.1) is 0 Å². The van der Waals surface area contributed by atoms with Crippen molar-refractivity contribution in [2.24, 2.45) is 0 Å². The Morgan fingerprint density at radius 2 is 1.48 bits per heavy atom. The summed E-state index contributed by atoms with van der Waals surface area (Å²) in [6.07, 6.45) is 1.20. The van der Waals surface area contributed by atoms with Gasteiger partial charge in [0.15, 0.2) is 0 Å². The van der Waals surface area contributed by atoms with Crippen molar-refractivity contribution in [2.75, 3.05) is 20.1 Å². The number of hydrogen-bond donors (Lipinski definition) is 0. The van der Waals surface area contributed by atoms with Gasteiger partial charge >= 0.3 is 6.18 Å². The third-order valence-corrected chi connectivity index (χ3v) is 9.53. The molecule has 0 aliphatic carbocycles. The number of likely N-dealkylation sites (N-methyl/N-ethyl adjacent to an activating group) is 1. The van der Waals surface area contributed by atoms with Crippen LogP contribution in [0.4, 0.5) is 13.2 Å². The van der Waals surface area contributed by atoms with Gasteiger partial charge in [-0.3, -0.25) is 19.5 Å². The Bertz CT molecular complexity index is 1930. The standard InChI is InChI=1S/C43H41F3N4O2/c1-48(38-25-27-49(31-38)29-34-12-6-3-7-13-34)42(52)40(28-33-10-4-2-5-11-33)50(30-35-15-20-36(21-16-35)39-14-8-9-26-47-39)41(51)24-19-32-17-22-37(23-18-32)43(44,45)46/h2-24,26,38,40H,25,27-31H2,1H3/b24-19+/t38?,40-/m1/s1. The first-order chi connectivity index (χ1) is 25.1. The van der Waals surface area contributed by atoms with Crippen molar-refractivity contribution in [3.63, 3.8) is 0 Å². The lowest BCUT2D eigenvalue weighted by Gasteiger charge is -2.35. The lowest BCUT2D eigenvalue weighted by molar-refractivity contribution is -0.144. The average Bonchev–Trinajstić information content (AvgIpc) is 3.64. The van der Waals surface area contributed by atoms with E-state index in [1.54, 1.807) is 16.0 Å². The molecule has 2 heterocycles. The van der Waals surface area contributed by atoms with Gasteiger partial charge in [0.2, 0.25) is 11.8 Å². The lowest BCUT2D eigenvalue weighted by atomic mass is 10.0. The van der Waals surface area contributed by atoms with Gasteiger partial charge in [-0.1, -0.05) is 103 Å². The molecule has 6 rings (SSSR count). The van der Waals surface area contributed by atoms with E-state index in [1.165, 1.54) is 29.8 Å². The molecule has 52 heavy (non-hydrogen) atoms. The lowest BCUT2D eigenvalue weighted by Crippen LogP contribution is -2.53. The molecule has 6 nitrogen and oxygen atoms in total. The molecule has 5 aromatic rings. The van der Waals surface area contributed by atoms with Crippen LogP contribution in [0.5, 0.6) is 0 Å². The predicted octanol–water partition coefficient (Wildman–Crippen LogP) is 8.15. The molecular formula is C43H41F3N4O2. The van der Waals surface area contributed by atoms with Crippen LogP contribution in [-0.2, 0) is 35.3 Å². The fourth-order valence-electron chi connectivity index (χ4n) is 6.60. The number of benzene rings is 4. The Morgan fingerprint density at radius 3 is 2.12 bits per heavy atom. The van der Waals surface area contributed by atoms with E-state index in [9.17, 15) is 22.8 Å². The number of carbonyl (C=O) groups is 2. The summed E-state index contributed by atoms with van der Waals surface area (Å²) >= 11 is 0. The zero-order valence-corrected chi connectivity index (χ0v) is 29.0. The van der Waals surface area contributed by atoms with Gasteiger partial charge in [-0.05, 0) is 59.0 Å². The quantitative estimate of drug-likeness (QED) is 0.123. The van der Waals surface area contributed by atoms with E-state index in [0.29, 0.717) is 12.1 Å². The Morgan fingerprint density at radius 1 is 0.827 bits per heavy atom. The number of aromatic nitrogens is 1. The average molecular weight is 703 g/mol. The summed E-state index contributed by atoms with van der Waals surface area (Å²) in [5.74, 6) is -0.592. The first-order valence-electron chi connectivity index (χ1n) is 17.4. The van der Waals surface area contributed by atoms with Gasteiger partial charge in [-0.2, -0.15) is 13.2 Å². The highest BCUT2D eigenvalue weighted by Crippen LogP contribution is 2.29. The van der Waals surface area contributed by atoms with Crippen LogP contribution in [0, 0.1) is 0 Å². The van der Waals surface area contributed by atoms with E-state index < -0.39 is 23.7 Å². The van der Waals surface area contributed by atoms with Crippen LogP contribution in [0.2, 0.25) is 0 Å². The van der Waals surface area contributed by atoms with E-state index in [-0.39, 0.29) is 24.9 Å². The zero-order chi connectivity index (χ0) is 36.5. The molecule has 9 heteroatoms. The Balaban J connectivity index is 1.29. The van der Waals surface area contributed by atoms with Gasteiger partial charge in [0, 0.05) is 63.5 Å². The molecule has 1 aliphatic heterocycles. The number of rotatable bonds is 12. The fourth-order valence-corrected chi connectivity index (χ4v) is 6.60. The number of alkyl halides is 3. The van der Waals surface area contributed by atoms with Crippen LogP contribution >= 0.6 is 0 Å². The van der Waals surface area contributed by atoms with Gasteiger partial charge in [0.25, 0.3) is 0 Å². The largest absolute Gasteiger partial charge is 0.416 e. The third-order valence-electron chi connectivity index (χ3n) is 9.53. The Kier molecular flexibility index (Phi) is 11.6. The smallest absolute Gasteiger partial charge is 0.340 e. The third kappa shape index (κ3) is 9.41. The van der Waals surface area contributed by atoms with Crippen molar-refractivity contribution in [2.45, 2.75) is 44.2 Å². The van der Waals surface area contributed by atoms with Crippen molar-refractivity contribution >= 4 is 17.9 Å². The molecular weight excluding hydrogens is 661 g/mol. The van der Waals surface area contributed by atoms with Crippen molar-refractivity contribution in [1.82, 2.24) is 19.7 Å². The molecule has 1 unspecified atom stereocenters. The molecule has 0 bridgehead atoms. The van der Waals surface area contributed by atoms with E-state index in [2.05, 4.69) is 22.0 Å². The molecule has 2 atom stereocenters. The minimum absolute atomic E-state index is 0.0354. The second-order valence-electron chi connectivity index (χ2n) is 13.1. The first kappa shape index (κ1) is 36.3. The molecule has 0 spiro atoms. The number of hydrogen-bond acceptors (Lipinski definition) is 4. The number of nitrogens with zero attached hydrogens (tertiary/aromatic N) is 4. The van der Waals surface area contributed by atoms with Crippen LogP contribution in [0.15, 0.2) is 140 Å². The van der Waals surface area contributed by atoms with E-state index in [4.69, 9.17) is 0 Å². The summed E-state index contributed by atoms with van der Waals surface area (Å²) in [4.78, 5) is 39.0. The first-order valence-corrected chi connectivity index (χ1v) is 17.4. The van der Waals surface area contributed by atoms with Crippen LogP contribution in [0.1, 0.15) is 34.2 Å². The molecule has 0 saturated carbocycles. The Hall–Kier alpha value is -5.54. The Labute approximate surface area is 302 Å². The molecule has 1 fully saturated rings. The van der Waals surface area contributed by atoms with Crippen LogP contribution in [-0.4, -0.2) is 63.7 Å². The molecule has 0 radical (unpaired) electrons.